The zero-order chi connectivity index (χ0) is 9.26. The van der Waals surface area contributed by atoms with E-state index in [1.54, 1.807) is 0 Å². The van der Waals surface area contributed by atoms with Crippen molar-refractivity contribution in [2.75, 3.05) is 0 Å². The van der Waals surface area contributed by atoms with Gasteiger partial charge in [-0.1, -0.05) is 0 Å². The molecule has 0 aliphatic carbocycles. The number of rotatable bonds is 1. The number of nitrogens with zero attached hydrogens (tertiary/aromatic N) is 2. The van der Waals surface area contributed by atoms with E-state index in [9.17, 15) is 8.78 Å². The first-order valence-corrected chi connectivity index (χ1v) is 3.57. The largest absolute Gasteiger partial charge is 0.259 e. The van der Waals surface area contributed by atoms with Crippen molar-refractivity contribution in [1.82, 2.24) is 15.2 Å². The summed E-state index contributed by atoms with van der Waals surface area (Å²) >= 11 is 0. The van der Waals surface area contributed by atoms with E-state index in [0.717, 1.165) is 6.07 Å². The molecule has 0 amide bonds. The second kappa shape index (κ2) is 2.93. The minimum absolute atomic E-state index is 0.343. The highest BCUT2D eigenvalue weighted by Gasteiger charge is 2.04. The molecule has 0 atom stereocenters. The van der Waals surface area contributed by atoms with Crippen LogP contribution < -0.4 is 0 Å². The fourth-order valence-electron chi connectivity index (χ4n) is 1.04. The summed E-state index contributed by atoms with van der Waals surface area (Å²) in [6.45, 7) is 0. The van der Waals surface area contributed by atoms with Crippen LogP contribution in [0.1, 0.15) is 0 Å². The van der Waals surface area contributed by atoms with Gasteiger partial charge in [-0.15, -0.1) is 0 Å². The number of H-pyrrole nitrogens is 1. The van der Waals surface area contributed by atoms with Crippen molar-refractivity contribution in [2.24, 2.45) is 0 Å². The van der Waals surface area contributed by atoms with Crippen LogP contribution >= 0.6 is 0 Å². The Labute approximate surface area is 72.4 Å². The van der Waals surface area contributed by atoms with Gasteiger partial charge in [-0.2, -0.15) is 5.10 Å². The molecule has 1 heterocycles. The second-order valence-corrected chi connectivity index (χ2v) is 2.49. The van der Waals surface area contributed by atoms with Crippen LogP contribution in [-0.2, 0) is 0 Å². The molecule has 0 radical (unpaired) electrons. The molecule has 0 aliphatic rings. The van der Waals surface area contributed by atoms with Crippen LogP contribution in [0.2, 0.25) is 0 Å². The zero-order valence-electron chi connectivity index (χ0n) is 6.46. The highest BCUT2D eigenvalue weighted by atomic mass is 19.1. The van der Waals surface area contributed by atoms with E-state index in [2.05, 4.69) is 15.2 Å². The molecule has 1 aromatic heterocycles. The molecular weight excluding hydrogens is 176 g/mol. The van der Waals surface area contributed by atoms with E-state index < -0.39 is 11.6 Å². The maximum atomic E-state index is 12.7. The number of benzene rings is 1. The van der Waals surface area contributed by atoms with Crippen LogP contribution in [0.15, 0.2) is 24.5 Å². The van der Waals surface area contributed by atoms with Crippen molar-refractivity contribution in [1.29, 1.82) is 0 Å². The molecule has 3 nitrogen and oxygen atoms in total. The van der Waals surface area contributed by atoms with Gasteiger partial charge in [-0.25, -0.2) is 13.8 Å². The fraction of sp³-hybridized carbons (Fsp3) is 0. The predicted molar refractivity (Wildman–Crippen MR) is 41.7 cm³/mol. The fourth-order valence-corrected chi connectivity index (χ4v) is 1.04. The van der Waals surface area contributed by atoms with Crippen LogP contribution in [0.4, 0.5) is 8.78 Å². The number of hydrogen-bond donors (Lipinski definition) is 1. The van der Waals surface area contributed by atoms with Gasteiger partial charge in [0.15, 0.2) is 5.82 Å². The van der Waals surface area contributed by atoms with Gasteiger partial charge in [0.1, 0.15) is 18.0 Å². The molecular formula is C8H5F2N3. The van der Waals surface area contributed by atoms with Crippen LogP contribution in [0, 0.1) is 11.6 Å². The molecule has 2 rings (SSSR count). The molecule has 66 valence electrons. The van der Waals surface area contributed by atoms with Gasteiger partial charge in [-0.3, -0.25) is 5.10 Å². The van der Waals surface area contributed by atoms with E-state index in [0.29, 0.717) is 11.4 Å². The van der Waals surface area contributed by atoms with Crippen molar-refractivity contribution >= 4 is 0 Å². The van der Waals surface area contributed by atoms with E-state index in [1.807, 2.05) is 0 Å². The Hall–Kier alpha value is -1.78. The van der Waals surface area contributed by atoms with Crippen LogP contribution in [0.3, 0.4) is 0 Å². The maximum Gasteiger partial charge on any atom is 0.155 e. The maximum absolute atomic E-state index is 12.7. The van der Waals surface area contributed by atoms with Gasteiger partial charge < -0.3 is 0 Å². The Morgan fingerprint density at radius 2 is 1.77 bits per heavy atom. The SMILES string of the molecule is Fc1cc(F)cc(-c2ncn[nH]2)c1. The molecule has 0 bridgehead atoms. The highest BCUT2D eigenvalue weighted by molar-refractivity contribution is 5.53. The van der Waals surface area contributed by atoms with Crippen molar-refractivity contribution in [3.8, 4) is 11.4 Å². The summed E-state index contributed by atoms with van der Waals surface area (Å²) in [4.78, 5) is 3.77. The second-order valence-electron chi connectivity index (χ2n) is 2.49. The van der Waals surface area contributed by atoms with Crippen LogP contribution in [0.5, 0.6) is 0 Å². The Bertz CT molecular complexity index is 391. The van der Waals surface area contributed by atoms with Crippen molar-refractivity contribution < 1.29 is 8.78 Å². The molecule has 1 N–H and O–H groups in total. The van der Waals surface area contributed by atoms with Crippen LogP contribution in [0.25, 0.3) is 11.4 Å². The standard InChI is InChI=1S/C8H5F2N3/c9-6-1-5(2-7(10)3-6)8-11-4-12-13-8/h1-4H,(H,11,12,13). The number of aromatic amines is 1. The topological polar surface area (TPSA) is 41.6 Å². The summed E-state index contributed by atoms with van der Waals surface area (Å²) in [7, 11) is 0. The minimum atomic E-state index is -0.633. The van der Waals surface area contributed by atoms with Crippen molar-refractivity contribution in [2.45, 2.75) is 0 Å². The number of halogens is 2. The third kappa shape index (κ3) is 1.53. The van der Waals surface area contributed by atoms with Gasteiger partial charge in [0.2, 0.25) is 0 Å². The molecule has 13 heavy (non-hydrogen) atoms. The molecule has 0 saturated carbocycles. The summed E-state index contributed by atoms with van der Waals surface area (Å²) in [6.07, 6.45) is 1.28. The van der Waals surface area contributed by atoms with Gasteiger partial charge in [0.25, 0.3) is 0 Å². The highest BCUT2D eigenvalue weighted by Crippen LogP contribution is 2.16. The van der Waals surface area contributed by atoms with Gasteiger partial charge in [-0.05, 0) is 12.1 Å². The van der Waals surface area contributed by atoms with E-state index in [4.69, 9.17) is 0 Å². The van der Waals surface area contributed by atoms with Gasteiger partial charge >= 0.3 is 0 Å². The molecule has 0 spiro atoms. The summed E-state index contributed by atoms with van der Waals surface area (Å²) < 4.78 is 25.4. The lowest BCUT2D eigenvalue weighted by Crippen LogP contribution is -1.85. The average molecular weight is 181 g/mol. The molecule has 2 aromatic rings. The third-order valence-corrected chi connectivity index (χ3v) is 1.55. The summed E-state index contributed by atoms with van der Waals surface area (Å²) in [5.41, 5.74) is 0.343. The Morgan fingerprint density at radius 3 is 2.31 bits per heavy atom. The first kappa shape index (κ1) is 7.85. The summed E-state index contributed by atoms with van der Waals surface area (Å²) in [6, 6.07) is 3.17. The van der Waals surface area contributed by atoms with Gasteiger partial charge in [0, 0.05) is 11.6 Å². The van der Waals surface area contributed by atoms with E-state index in [-0.39, 0.29) is 0 Å². The minimum Gasteiger partial charge on any atom is -0.259 e. The van der Waals surface area contributed by atoms with Crippen molar-refractivity contribution in [3.63, 3.8) is 0 Å². The molecule has 0 unspecified atom stereocenters. The Balaban J connectivity index is 2.53. The first-order chi connectivity index (χ1) is 6.25. The molecule has 0 aliphatic heterocycles. The lowest BCUT2D eigenvalue weighted by atomic mass is 10.2. The average Bonchev–Trinajstić information content (AvgIpc) is 2.53. The number of nitrogens with one attached hydrogen (secondary N) is 1. The monoisotopic (exact) mass is 181 g/mol. The summed E-state index contributed by atoms with van der Waals surface area (Å²) in [5.74, 6) is -0.920. The third-order valence-electron chi connectivity index (χ3n) is 1.55. The van der Waals surface area contributed by atoms with E-state index in [1.165, 1.54) is 18.5 Å². The Kier molecular flexibility index (Phi) is 1.77. The molecule has 0 saturated heterocycles. The molecule has 1 aromatic carbocycles. The smallest absolute Gasteiger partial charge is 0.155 e. The predicted octanol–water partition coefficient (Wildman–Crippen LogP) is 1.75. The zero-order valence-corrected chi connectivity index (χ0v) is 6.46. The molecule has 5 heteroatoms. The quantitative estimate of drug-likeness (QED) is 0.728. The summed E-state index contributed by atoms with van der Waals surface area (Å²) in [5, 5.41) is 6.09. The molecule has 0 fully saturated rings. The number of aromatic nitrogens is 3. The normalized spacial score (nSPS) is 10.3. The van der Waals surface area contributed by atoms with Crippen LogP contribution in [-0.4, -0.2) is 15.2 Å². The lowest BCUT2D eigenvalue weighted by Gasteiger charge is -1.96. The first-order valence-electron chi connectivity index (χ1n) is 3.57. The van der Waals surface area contributed by atoms with Gasteiger partial charge in [0.05, 0.1) is 0 Å². The Morgan fingerprint density at radius 1 is 1.08 bits per heavy atom. The van der Waals surface area contributed by atoms with Crippen molar-refractivity contribution in [3.05, 3.63) is 36.2 Å². The van der Waals surface area contributed by atoms with E-state index >= 15 is 0 Å². The number of hydrogen-bond acceptors (Lipinski definition) is 2. The lowest BCUT2D eigenvalue weighted by molar-refractivity contribution is 0.584.